The van der Waals surface area contributed by atoms with Crippen molar-refractivity contribution >= 4 is 5.97 Å². The minimum absolute atomic E-state index is 0.137. The predicted octanol–water partition coefficient (Wildman–Crippen LogP) is 3.05. The van der Waals surface area contributed by atoms with Crippen molar-refractivity contribution < 1.29 is 13.9 Å². The Hall–Kier alpha value is -2.67. The number of hydrogen-bond donors (Lipinski definition) is 0. The third-order valence-electron chi connectivity index (χ3n) is 2.54. The van der Waals surface area contributed by atoms with Crippen molar-refractivity contribution in [1.82, 2.24) is 0 Å². The molecular weight excluding hydrogens is 245 g/mol. The minimum Gasteiger partial charge on any atom is -0.457 e. The number of nitriles is 1. The first-order valence-electron chi connectivity index (χ1n) is 5.61. The van der Waals surface area contributed by atoms with Gasteiger partial charge in [-0.25, -0.2) is 9.18 Å². The Kier molecular flexibility index (Phi) is 3.89. The molecule has 0 bridgehead atoms. The maximum Gasteiger partial charge on any atom is 0.338 e. The predicted molar refractivity (Wildman–Crippen MR) is 66.7 cm³/mol. The Bertz CT molecular complexity index is 647. The van der Waals surface area contributed by atoms with Crippen LogP contribution in [0.3, 0.4) is 0 Å². The van der Waals surface area contributed by atoms with Crippen molar-refractivity contribution in [3.8, 4) is 6.07 Å². The standard InChI is InChI=1S/C15H10FNO2/c16-14-7-2-1-5-13(14)10-19-15(18)12-6-3-4-11(8-12)9-17/h1-8H,10H2. The van der Waals surface area contributed by atoms with E-state index in [-0.39, 0.29) is 12.2 Å². The SMILES string of the molecule is N#Cc1cccc(C(=O)OCc2ccccc2F)c1. The molecule has 0 spiro atoms. The summed E-state index contributed by atoms with van der Waals surface area (Å²) in [4.78, 5) is 11.7. The van der Waals surface area contributed by atoms with Crippen LogP contribution < -0.4 is 0 Å². The molecule has 2 aromatic rings. The van der Waals surface area contributed by atoms with Crippen LogP contribution in [-0.4, -0.2) is 5.97 Å². The average Bonchev–Trinajstić information content (AvgIpc) is 2.46. The summed E-state index contributed by atoms with van der Waals surface area (Å²) in [7, 11) is 0. The highest BCUT2D eigenvalue weighted by molar-refractivity contribution is 5.89. The second kappa shape index (κ2) is 5.78. The lowest BCUT2D eigenvalue weighted by Crippen LogP contribution is -2.06. The molecule has 0 aromatic heterocycles. The van der Waals surface area contributed by atoms with Crippen LogP contribution >= 0.6 is 0 Å². The number of rotatable bonds is 3. The third-order valence-corrected chi connectivity index (χ3v) is 2.54. The maximum absolute atomic E-state index is 13.3. The molecule has 0 fully saturated rings. The Balaban J connectivity index is 2.06. The van der Waals surface area contributed by atoms with Crippen molar-refractivity contribution in [3.63, 3.8) is 0 Å². The fraction of sp³-hybridized carbons (Fsp3) is 0.0667. The van der Waals surface area contributed by atoms with Crippen LogP contribution in [0.25, 0.3) is 0 Å². The van der Waals surface area contributed by atoms with Crippen LogP contribution in [0.4, 0.5) is 4.39 Å². The molecule has 0 atom stereocenters. The molecule has 0 N–H and O–H groups in total. The molecule has 0 saturated carbocycles. The molecule has 0 unspecified atom stereocenters. The molecule has 0 radical (unpaired) electrons. The Morgan fingerprint density at radius 1 is 1.21 bits per heavy atom. The van der Waals surface area contributed by atoms with Crippen molar-refractivity contribution in [2.75, 3.05) is 0 Å². The fourth-order valence-corrected chi connectivity index (χ4v) is 1.56. The number of halogens is 1. The first-order chi connectivity index (χ1) is 9.20. The Labute approximate surface area is 109 Å². The number of hydrogen-bond acceptors (Lipinski definition) is 3. The van der Waals surface area contributed by atoms with Crippen LogP contribution in [-0.2, 0) is 11.3 Å². The maximum atomic E-state index is 13.3. The number of nitrogens with zero attached hydrogens (tertiary/aromatic N) is 1. The molecule has 0 heterocycles. The average molecular weight is 255 g/mol. The van der Waals surface area contributed by atoms with E-state index < -0.39 is 11.8 Å². The Morgan fingerprint density at radius 3 is 2.74 bits per heavy atom. The van der Waals surface area contributed by atoms with Gasteiger partial charge in [0.05, 0.1) is 17.2 Å². The number of carbonyl (C=O) groups excluding carboxylic acids is 1. The largest absolute Gasteiger partial charge is 0.457 e. The summed E-state index contributed by atoms with van der Waals surface area (Å²) in [5, 5.41) is 8.74. The lowest BCUT2D eigenvalue weighted by Gasteiger charge is -2.05. The van der Waals surface area contributed by atoms with Gasteiger partial charge in [0.15, 0.2) is 0 Å². The zero-order valence-corrected chi connectivity index (χ0v) is 9.97. The van der Waals surface area contributed by atoms with E-state index in [0.29, 0.717) is 11.1 Å². The Morgan fingerprint density at radius 2 is 2.00 bits per heavy atom. The van der Waals surface area contributed by atoms with Gasteiger partial charge in [-0.05, 0) is 24.3 Å². The van der Waals surface area contributed by atoms with Crippen molar-refractivity contribution in [1.29, 1.82) is 5.26 Å². The van der Waals surface area contributed by atoms with Gasteiger partial charge in [-0.3, -0.25) is 0 Å². The summed E-state index contributed by atoms with van der Waals surface area (Å²) in [6, 6.07) is 14.2. The lowest BCUT2D eigenvalue weighted by atomic mass is 10.1. The summed E-state index contributed by atoms with van der Waals surface area (Å²) >= 11 is 0. The van der Waals surface area contributed by atoms with E-state index in [1.807, 2.05) is 6.07 Å². The normalized spacial score (nSPS) is 9.68. The molecule has 0 aliphatic heterocycles. The van der Waals surface area contributed by atoms with Gasteiger partial charge in [0.25, 0.3) is 0 Å². The molecule has 2 rings (SSSR count). The highest BCUT2D eigenvalue weighted by Crippen LogP contribution is 2.11. The van der Waals surface area contributed by atoms with Gasteiger partial charge in [0.2, 0.25) is 0 Å². The summed E-state index contributed by atoms with van der Waals surface area (Å²) in [5.74, 6) is -0.999. The van der Waals surface area contributed by atoms with E-state index in [0.717, 1.165) is 0 Å². The van der Waals surface area contributed by atoms with E-state index in [2.05, 4.69) is 0 Å². The van der Waals surface area contributed by atoms with Gasteiger partial charge in [-0.15, -0.1) is 0 Å². The number of carbonyl (C=O) groups is 1. The molecule has 94 valence electrons. The van der Waals surface area contributed by atoms with Crippen LogP contribution in [0.2, 0.25) is 0 Å². The molecule has 0 amide bonds. The van der Waals surface area contributed by atoms with Gasteiger partial charge >= 0.3 is 5.97 Å². The number of esters is 1. The zero-order chi connectivity index (χ0) is 13.7. The van der Waals surface area contributed by atoms with E-state index in [9.17, 15) is 9.18 Å². The monoisotopic (exact) mass is 255 g/mol. The second-order valence-electron chi connectivity index (χ2n) is 3.86. The minimum atomic E-state index is -0.583. The highest BCUT2D eigenvalue weighted by Gasteiger charge is 2.09. The van der Waals surface area contributed by atoms with Gasteiger partial charge in [-0.1, -0.05) is 24.3 Å². The summed E-state index contributed by atoms with van der Waals surface area (Å²) in [6.45, 7) is -0.137. The first-order valence-corrected chi connectivity index (χ1v) is 5.61. The molecule has 0 aliphatic carbocycles. The van der Waals surface area contributed by atoms with Crippen molar-refractivity contribution in [2.45, 2.75) is 6.61 Å². The lowest BCUT2D eigenvalue weighted by molar-refractivity contribution is 0.0469. The second-order valence-corrected chi connectivity index (χ2v) is 3.86. The quantitative estimate of drug-likeness (QED) is 0.792. The molecule has 4 heteroatoms. The van der Waals surface area contributed by atoms with Gasteiger partial charge in [0.1, 0.15) is 12.4 Å². The molecule has 19 heavy (non-hydrogen) atoms. The van der Waals surface area contributed by atoms with E-state index in [1.54, 1.807) is 36.4 Å². The molecule has 0 aliphatic rings. The van der Waals surface area contributed by atoms with E-state index in [1.165, 1.54) is 12.1 Å². The third kappa shape index (κ3) is 3.17. The first kappa shape index (κ1) is 12.8. The molecular formula is C15H10FNO2. The van der Waals surface area contributed by atoms with Gasteiger partial charge in [0, 0.05) is 5.56 Å². The van der Waals surface area contributed by atoms with Gasteiger partial charge in [-0.2, -0.15) is 5.26 Å². The van der Waals surface area contributed by atoms with Crippen molar-refractivity contribution in [2.24, 2.45) is 0 Å². The summed E-state index contributed by atoms with van der Waals surface area (Å²) in [5.41, 5.74) is 0.961. The van der Waals surface area contributed by atoms with Crippen molar-refractivity contribution in [3.05, 3.63) is 71.0 Å². The fourth-order valence-electron chi connectivity index (χ4n) is 1.56. The smallest absolute Gasteiger partial charge is 0.338 e. The molecule has 2 aromatic carbocycles. The molecule has 0 saturated heterocycles. The van der Waals surface area contributed by atoms with Crippen LogP contribution in [0.5, 0.6) is 0 Å². The zero-order valence-electron chi connectivity index (χ0n) is 9.97. The van der Waals surface area contributed by atoms with Crippen LogP contribution in [0.15, 0.2) is 48.5 Å². The van der Waals surface area contributed by atoms with Crippen LogP contribution in [0.1, 0.15) is 21.5 Å². The number of ether oxygens (including phenoxy) is 1. The topological polar surface area (TPSA) is 50.1 Å². The van der Waals surface area contributed by atoms with E-state index >= 15 is 0 Å². The summed E-state index contributed by atoms with van der Waals surface area (Å²) in [6.07, 6.45) is 0. The van der Waals surface area contributed by atoms with E-state index in [4.69, 9.17) is 10.00 Å². The number of benzene rings is 2. The molecule has 3 nitrogen and oxygen atoms in total. The highest BCUT2D eigenvalue weighted by atomic mass is 19.1. The van der Waals surface area contributed by atoms with Gasteiger partial charge < -0.3 is 4.74 Å². The summed E-state index contributed by atoms with van der Waals surface area (Å²) < 4.78 is 18.3. The van der Waals surface area contributed by atoms with Crippen LogP contribution in [0, 0.1) is 17.1 Å².